The van der Waals surface area contributed by atoms with Gasteiger partial charge >= 0.3 is 0 Å². The zero-order valence-corrected chi connectivity index (χ0v) is 12.7. The summed E-state index contributed by atoms with van der Waals surface area (Å²) in [5, 5.41) is 0. The van der Waals surface area contributed by atoms with Crippen LogP contribution in [-0.2, 0) is 13.1 Å². The number of nitrogens with two attached hydrogens (primary N) is 1. The summed E-state index contributed by atoms with van der Waals surface area (Å²) in [6.45, 7) is 8.43. The smallest absolute Gasteiger partial charge is 0.0477 e. The van der Waals surface area contributed by atoms with Gasteiger partial charge in [-0.3, -0.25) is 4.90 Å². The third-order valence-corrected chi connectivity index (χ3v) is 3.71. The Morgan fingerprint density at radius 3 is 2.68 bits per heavy atom. The molecule has 1 aromatic carbocycles. The molecule has 0 spiro atoms. The van der Waals surface area contributed by atoms with Crippen molar-refractivity contribution in [2.24, 2.45) is 11.7 Å². The topological polar surface area (TPSA) is 32.5 Å². The van der Waals surface area contributed by atoms with Gasteiger partial charge in [-0.15, -0.1) is 0 Å². The fraction of sp³-hybridized carbons (Fsp3) is 0.625. The Morgan fingerprint density at radius 1 is 1.37 bits per heavy atom. The van der Waals surface area contributed by atoms with Gasteiger partial charge in [-0.2, -0.15) is 0 Å². The van der Waals surface area contributed by atoms with Crippen molar-refractivity contribution in [2.75, 3.05) is 27.2 Å². The van der Waals surface area contributed by atoms with Gasteiger partial charge in [0.1, 0.15) is 0 Å². The predicted octanol–water partition coefficient (Wildman–Crippen LogP) is 2.22. The summed E-state index contributed by atoms with van der Waals surface area (Å²) in [5.74, 6) is 0.685. The van der Waals surface area contributed by atoms with Crippen LogP contribution in [0, 0.1) is 5.92 Å². The van der Waals surface area contributed by atoms with Gasteiger partial charge in [0.05, 0.1) is 0 Å². The molecule has 1 unspecified atom stereocenters. The Bertz CT molecular complexity index is 426. The lowest BCUT2D eigenvalue weighted by atomic mass is 10.0. The molecule has 1 heterocycles. The average Bonchev–Trinajstić information content (AvgIpc) is 2.63. The van der Waals surface area contributed by atoms with Crippen molar-refractivity contribution < 1.29 is 0 Å². The van der Waals surface area contributed by atoms with Crippen LogP contribution in [0.25, 0.3) is 0 Å². The maximum absolute atomic E-state index is 6.01. The summed E-state index contributed by atoms with van der Waals surface area (Å²) in [7, 11) is 4.22. The first-order valence-corrected chi connectivity index (χ1v) is 7.21. The number of benzene rings is 1. The Kier molecular flexibility index (Phi) is 4.61. The first-order chi connectivity index (χ1) is 9.01. The molecule has 0 amide bonds. The molecule has 0 saturated carbocycles. The van der Waals surface area contributed by atoms with E-state index < -0.39 is 0 Å². The van der Waals surface area contributed by atoms with Crippen molar-refractivity contribution in [3.05, 3.63) is 34.9 Å². The van der Waals surface area contributed by atoms with Gasteiger partial charge in [0, 0.05) is 32.2 Å². The fourth-order valence-electron chi connectivity index (χ4n) is 3.02. The minimum Gasteiger partial charge on any atom is -0.329 e. The van der Waals surface area contributed by atoms with E-state index in [-0.39, 0.29) is 0 Å². The number of fused-ring (bicyclic) bond motifs is 1. The Hall–Kier alpha value is -0.900. The van der Waals surface area contributed by atoms with E-state index in [1.807, 2.05) is 0 Å². The number of hydrogen-bond acceptors (Lipinski definition) is 3. The van der Waals surface area contributed by atoms with Crippen molar-refractivity contribution in [2.45, 2.75) is 33.0 Å². The van der Waals surface area contributed by atoms with E-state index in [1.165, 1.54) is 16.7 Å². The van der Waals surface area contributed by atoms with Crippen LogP contribution in [0.2, 0.25) is 0 Å². The zero-order chi connectivity index (χ0) is 14.0. The molecule has 3 heteroatoms. The number of hydrogen-bond donors (Lipinski definition) is 1. The maximum Gasteiger partial charge on any atom is 0.0477 e. The molecule has 0 radical (unpaired) electrons. The van der Waals surface area contributed by atoms with Gasteiger partial charge in [0.25, 0.3) is 0 Å². The van der Waals surface area contributed by atoms with E-state index in [1.54, 1.807) is 0 Å². The summed E-state index contributed by atoms with van der Waals surface area (Å²) in [4.78, 5) is 4.73. The normalized spacial score (nSPS) is 19.4. The van der Waals surface area contributed by atoms with E-state index in [9.17, 15) is 0 Å². The molecule has 2 N–H and O–H groups in total. The first kappa shape index (κ1) is 14.5. The van der Waals surface area contributed by atoms with Crippen LogP contribution >= 0.6 is 0 Å². The highest BCUT2D eigenvalue weighted by Crippen LogP contribution is 2.34. The van der Waals surface area contributed by atoms with Crippen LogP contribution in [0.15, 0.2) is 18.2 Å². The molecule has 0 saturated heterocycles. The number of nitrogens with zero attached hydrogens (tertiary/aromatic N) is 2. The monoisotopic (exact) mass is 261 g/mol. The van der Waals surface area contributed by atoms with Crippen LogP contribution in [-0.4, -0.2) is 37.0 Å². The van der Waals surface area contributed by atoms with E-state index in [0.29, 0.717) is 18.5 Å². The van der Waals surface area contributed by atoms with Crippen molar-refractivity contribution >= 4 is 0 Å². The molecule has 0 bridgehead atoms. The molecule has 1 aromatic rings. The van der Waals surface area contributed by atoms with E-state index >= 15 is 0 Å². The molecule has 1 aliphatic heterocycles. The molecule has 0 aliphatic carbocycles. The van der Waals surface area contributed by atoms with Gasteiger partial charge in [0.2, 0.25) is 0 Å². The van der Waals surface area contributed by atoms with Gasteiger partial charge in [0.15, 0.2) is 0 Å². The van der Waals surface area contributed by atoms with Crippen LogP contribution < -0.4 is 5.73 Å². The van der Waals surface area contributed by atoms with Gasteiger partial charge < -0.3 is 10.6 Å². The van der Waals surface area contributed by atoms with Gasteiger partial charge in [-0.05, 0) is 36.7 Å². The average molecular weight is 261 g/mol. The Morgan fingerprint density at radius 2 is 2.11 bits per heavy atom. The molecule has 0 fully saturated rings. The summed E-state index contributed by atoms with van der Waals surface area (Å²) in [5.41, 5.74) is 10.3. The zero-order valence-electron chi connectivity index (χ0n) is 12.7. The molecule has 1 aliphatic rings. The second-order valence-electron chi connectivity index (χ2n) is 6.35. The van der Waals surface area contributed by atoms with Crippen molar-refractivity contribution in [1.29, 1.82) is 0 Å². The lowest BCUT2D eigenvalue weighted by molar-refractivity contribution is 0.195. The Balaban J connectivity index is 2.21. The van der Waals surface area contributed by atoms with Crippen molar-refractivity contribution in [3.8, 4) is 0 Å². The minimum absolute atomic E-state index is 0.402. The third-order valence-electron chi connectivity index (χ3n) is 3.71. The molecule has 106 valence electrons. The highest BCUT2D eigenvalue weighted by atomic mass is 15.2. The van der Waals surface area contributed by atoms with Crippen LogP contribution in [0.4, 0.5) is 0 Å². The predicted molar refractivity (Wildman–Crippen MR) is 80.9 cm³/mol. The van der Waals surface area contributed by atoms with Crippen molar-refractivity contribution in [1.82, 2.24) is 9.80 Å². The number of rotatable bonds is 5. The molecule has 1 atom stereocenters. The van der Waals surface area contributed by atoms with Gasteiger partial charge in [-0.1, -0.05) is 32.0 Å². The summed E-state index contributed by atoms with van der Waals surface area (Å²) < 4.78 is 0. The Labute approximate surface area is 117 Å². The summed E-state index contributed by atoms with van der Waals surface area (Å²) in [6.07, 6.45) is 0. The van der Waals surface area contributed by atoms with Crippen LogP contribution in [0.3, 0.4) is 0 Å². The fourth-order valence-corrected chi connectivity index (χ4v) is 3.02. The molecular weight excluding hydrogens is 234 g/mol. The minimum atomic E-state index is 0.402. The SMILES string of the molecule is CC(C)CN1Cc2ccc(CN(C)C)cc2C1CN. The standard InChI is InChI=1S/C16H27N3/c1-12(2)9-19-11-14-6-5-13(10-18(3)4)7-15(14)16(19)8-17/h5-7,12,16H,8-11,17H2,1-4H3. The quantitative estimate of drug-likeness (QED) is 0.882. The van der Waals surface area contributed by atoms with E-state index in [0.717, 1.165) is 19.6 Å². The highest BCUT2D eigenvalue weighted by molar-refractivity contribution is 5.38. The van der Waals surface area contributed by atoms with E-state index in [4.69, 9.17) is 5.73 Å². The third kappa shape index (κ3) is 3.35. The van der Waals surface area contributed by atoms with Crippen LogP contribution in [0.5, 0.6) is 0 Å². The van der Waals surface area contributed by atoms with E-state index in [2.05, 4.69) is 55.9 Å². The molecular formula is C16H27N3. The molecule has 0 aromatic heterocycles. The lowest BCUT2D eigenvalue weighted by Crippen LogP contribution is -2.31. The largest absolute Gasteiger partial charge is 0.329 e. The van der Waals surface area contributed by atoms with Gasteiger partial charge in [-0.25, -0.2) is 0 Å². The highest BCUT2D eigenvalue weighted by Gasteiger charge is 2.29. The molecule has 3 nitrogen and oxygen atoms in total. The maximum atomic E-state index is 6.01. The second-order valence-corrected chi connectivity index (χ2v) is 6.35. The summed E-state index contributed by atoms with van der Waals surface area (Å²) in [6, 6.07) is 7.30. The van der Waals surface area contributed by atoms with Crippen molar-refractivity contribution in [3.63, 3.8) is 0 Å². The van der Waals surface area contributed by atoms with Crippen LogP contribution in [0.1, 0.15) is 36.6 Å². The summed E-state index contributed by atoms with van der Waals surface area (Å²) >= 11 is 0. The second kappa shape index (κ2) is 6.04. The lowest BCUT2D eigenvalue weighted by Gasteiger charge is -2.25. The molecule has 19 heavy (non-hydrogen) atoms. The molecule has 2 rings (SSSR count). The first-order valence-electron chi connectivity index (χ1n) is 7.21.